The van der Waals surface area contributed by atoms with Crippen LogP contribution in [0.15, 0.2) is 114 Å². The molecule has 0 amide bonds. The lowest BCUT2D eigenvalue weighted by atomic mass is 10.1. The Morgan fingerprint density at radius 3 is 1.92 bits per heavy atom. The van der Waals surface area contributed by atoms with Crippen LogP contribution in [0.4, 0.5) is 5.69 Å². The van der Waals surface area contributed by atoms with E-state index in [1.54, 1.807) is 14.2 Å². The molecule has 0 bridgehead atoms. The number of aromatic nitrogens is 3. The van der Waals surface area contributed by atoms with Gasteiger partial charge in [0.2, 0.25) is 0 Å². The van der Waals surface area contributed by atoms with Crippen molar-refractivity contribution in [3.05, 3.63) is 121 Å². The van der Waals surface area contributed by atoms with Gasteiger partial charge in [-0.3, -0.25) is 5.43 Å². The normalized spacial score (nSPS) is 11.2. The maximum Gasteiger partial charge on any atom is 0.184 e. The third kappa shape index (κ3) is 4.95. The van der Waals surface area contributed by atoms with E-state index in [2.05, 4.69) is 5.43 Å². The predicted octanol–water partition coefficient (Wildman–Crippen LogP) is 5.82. The number of nitrogens with one attached hydrogen (secondary N) is 1. The Balaban J connectivity index is 1.66. The van der Waals surface area contributed by atoms with E-state index in [0.29, 0.717) is 17.4 Å². The fraction of sp³-hybridized carbons (Fsp3) is 0.0690. The first-order chi connectivity index (χ1) is 17.7. The molecule has 7 nitrogen and oxygen atoms in total. The molecule has 0 aliphatic rings. The summed E-state index contributed by atoms with van der Waals surface area (Å²) in [7, 11) is 3.29. The number of nitrogens with zero attached hydrogens (tertiary/aromatic N) is 4. The first-order valence-electron chi connectivity index (χ1n) is 11.5. The van der Waals surface area contributed by atoms with Crippen LogP contribution in [0.2, 0.25) is 0 Å². The van der Waals surface area contributed by atoms with Crippen LogP contribution in [0, 0.1) is 0 Å². The van der Waals surface area contributed by atoms with Gasteiger partial charge >= 0.3 is 0 Å². The maximum absolute atomic E-state index is 5.36. The second-order valence-corrected chi connectivity index (χ2v) is 7.90. The van der Waals surface area contributed by atoms with Gasteiger partial charge in [0.15, 0.2) is 11.6 Å². The highest BCUT2D eigenvalue weighted by Gasteiger charge is 2.20. The Kier molecular flexibility index (Phi) is 6.71. The lowest BCUT2D eigenvalue weighted by molar-refractivity contribution is 0.414. The average molecular weight is 476 g/mol. The average Bonchev–Trinajstić information content (AvgIpc) is 3.40. The van der Waals surface area contributed by atoms with Crippen LogP contribution in [-0.2, 0) is 0 Å². The topological polar surface area (TPSA) is 73.6 Å². The largest absolute Gasteiger partial charge is 0.497 e. The summed E-state index contributed by atoms with van der Waals surface area (Å²) in [5, 5.41) is 9.67. The minimum Gasteiger partial charge on any atom is -0.497 e. The van der Waals surface area contributed by atoms with E-state index in [-0.39, 0.29) is 0 Å². The van der Waals surface area contributed by atoms with Crippen LogP contribution in [0.25, 0.3) is 17.1 Å². The van der Waals surface area contributed by atoms with Crippen molar-refractivity contribution in [1.29, 1.82) is 0 Å². The van der Waals surface area contributed by atoms with Crippen molar-refractivity contribution in [2.24, 2.45) is 5.10 Å². The van der Waals surface area contributed by atoms with Crippen molar-refractivity contribution in [1.82, 2.24) is 14.8 Å². The SMILES string of the molecule is COc1ccc(/C(=N\Nc2ccccc2)c2nc(-c3ccc(OC)cc3)nn2-c2ccccc2)cc1. The summed E-state index contributed by atoms with van der Waals surface area (Å²) < 4.78 is 12.5. The number of hydrogen-bond acceptors (Lipinski definition) is 6. The molecular formula is C29H25N5O2. The van der Waals surface area contributed by atoms with Gasteiger partial charge in [0.25, 0.3) is 0 Å². The van der Waals surface area contributed by atoms with Crippen molar-refractivity contribution in [3.8, 4) is 28.6 Å². The highest BCUT2D eigenvalue weighted by molar-refractivity contribution is 6.11. The molecule has 1 N–H and O–H groups in total. The molecule has 0 unspecified atom stereocenters. The van der Waals surface area contributed by atoms with Crippen molar-refractivity contribution in [3.63, 3.8) is 0 Å². The van der Waals surface area contributed by atoms with Gasteiger partial charge in [0.05, 0.1) is 25.6 Å². The van der Waals surface area contributed by atoms with E-state index in [1.807, 2.05) is 114 Å². The molecule has 0 spiro atoms. The zero-order valence-corrected chi connectivity index (χ0v) is 20.0. The first kappa shape index (κ1) is 22.9. The van der Waals surface area contributed by atoms with Crippen LogP contribution in [0.1, 0.15) is 11.4 Å². The van der Waals surface area contributed by atoms with Gasteiger partial charge in [-0.15, -0.1) is 5.10 Å². The second-order valence-electron chi connectivity index (χ2n) is 7.90. The Bertz CT molecular complexity index is 1450. The summed E-state index contributed by atoms with van der Waals surface area (Å²) in [5.74, 6) is 2.71. The van der Waals surface area contributed by atoms with Gasteiger partial charge in [-0.25, -0.2) is 9.67 Å². The molecular weight excluding hydrogens is 450 g/mol. The number of methoxy groups -OCH3 is 2. The number of para-hydroxylation sites is 2. The van der Waals surface area contributed by atoms with E-state index in [9.17, 15) is 0 Å². The Hall–Kier alpha value is -4.91. The molecule has 178 valence electrons. The molecule has 0 aliphatic heterocycles. The fourth-order valence-electron chi connectivity index (χ4n) is 3.70. The number of ether oxygens (including phenoxy) is 2. The summed E-state index contributed by atoms with van der Waals surface area (Å²) in [4.78, 5) is 4.95. The van der Waals surface area contributed by atoms with E-state index < -0.39 is 0 Å². The van der Waals surface area contributed by atoms with E-state index >= 15 is 0 Å². The highest BCUT2D eigenvalue weighted by atomic mass is 16.5. The Morgan fingerprint density at radius 1 is 0.722 bits per heavy atom. The molecule has 5 rings (SSSR count). The number of rotatable bonds is 8. The van der Waals surface area contributed by atoms with Gasteiger partial charge in [-0.2, -0.15) is 5.10 Å². The van der Waals surface area contributed by atoms with E-state index in [0.717, 1.165) is 34.0 Å². The van der Waals surface area contributed by atoms with Gasteiger partial charge in [-0.05, 0) is 72.8 Å². The lowest BCUT2D eigenvalue weighted by Gasteiger charge is -2.10. The number of anilines is 1. The van der Waals surface area contributed by atoms with E-state index in [1.165, 1.54) is 0 Å². The molecule has 0 aliphatic carbocycles. The highest BCUT2D eigenvalue weighted by Crippen LogP contribution is 2.24. The summed E-state index contributed by atoms with van der Waals surface area (Å²) in [5.41, 5.74) is 7.29. The van der Waals surface area contributed by atoms with Crippen molar-refractivity contribution in [2.75, 3.05) is 19.6 Å². The molecule has 5 aromatic rings. The third-order valence-corrected chi connectivity index (χ3v) is 5.60. The second kappa shape index (κ2) is 10.6. The Morgan fingerprint density at radius 2 is 1.31 bits per heavy atom. The number of benzene rings is 4. The van der Waals surface area contributed by atoms with Gasteiger partial charge in [-0.1, -0.05) is 36.4 Å². The maximum atomic E-state index is 5.36. The van der Waals surface area contributed by atoms with Crippen LogP contribution >= 0.6 is 0 Å². The van der Waals surface area contributed by atoms with Crippen LogP contribution in [-0.4, -0.2) is 34.7 Å². The van der Waals surface area contributed by atoms with Crippen molar-refractivity contribution in [2.45, 2.75) is 0 Å². The molecule has 0 atom stereocenters. The molecule has 0 fully saturated rings. The zero-order chi connectivity index (χ0) is 24.7. The quantitative estimate of drug-likeness (QED) is 0.226. The van der Waals surface area contributed by atoms with Crippen LogP contribution in [0.3, 0.4) is 0 Å². The zero-order valence-electron chi connectivity index (χ0n) is 20.0. The summed E-state index contributed by atoms with van der Waals surface area (Å²) in [6, 6.07) is 35.1. The van der Waals surface area contributed by atoms with Crippen LogP contribution < -0.4 is 14.9 Å². The number of hydrazone groups is 1. The summed E-state index contributed by atoms with van der Waals surface area (Å²) in [6.45, 7) is 0. The smallest absolute Gasteiger partial charge is 0.184 e. The first-order valence-corrected chi connectivity index (χ1v) is 11.5. The predicted molar refractivity (Wildman–Crippen MR) is 142 cm³/mol. The lowest BCUT2D eigenvalue weighted by Crippen LogP contribution is -2.14. The summed E-state index contributed by atoms with van der Waals surface area (Å²) >= 11 is 0. The van der Waals surface area contributed by atoms with Crippen LogP contribution in [0.5, 0.6) is 11.5 Å². The minimum atomic E-state index is 0.581. The van der Waals surface area contributed by atoms with E-state index in [4.69, 9.17) is 24.7 Å². The molecule has 7 heteroatoms. The molecule has 1 heterocycles. The monoisotopic (exact) mass is 475 g/mol. The standard InChI is InChI=1S/C29H25N5O2/c1-35-25-17-13-21(14-18-25)27(32-31-23-9-5-3-6-10-23)29-30-28(22-15-19-26(36-2)20-16-22)33-34(29)24-11-7-4-8-12-24/h3-20,31H,1-2H3/b32-27+. The Labute approximate surface area is 209 Å². The van der Waals surface area contributed by atoms with Gasteiger partial charge < -0.3 is 9.47 Å². The third-order valence-electron chi connectivity index (χ3n) is 5.60. The molecule has 36 heavy (non-hydrogen) atoms. The number of hydrogen-bond donors (Lipinski definition) is 1. The van der Waals surface area contributed by atoms with Crippen molar-refractivity contribution < 1.29 is 9.47 Å². The summed E-state index contributed by atoms with van der Waals surface area (Å²) in [6.07, 6.45) is 0. The van der Waals surface area contributed by atoms with Gasteiger partial charge in [0, 0.05) is 11.1 Å². The van der Waals surface area contributed by atoms with Crippen molar-refractivity contribution >= 4 is 11.4 Å². The molecule has 1 aromatic heterocycles. The fourth-order valence-corrected chi connectivity index (χ4v) is 3.70. The molecule has 0 saturated carbocycles. The molecule has 4 aromatic carbocycles. The van der Waals surface area contributed by atoms with Gasteiger partial charge in [0.1, 0.15) is 17.2 Å². The molecule has 0 radical (unpaired) electrons. The molecule has 0 saturated heterocycles. The minimum absolute atomic E-state index is 0.581.